The number of nitrogens with one attached hydrogen (secondary N) is 1. The van der Waals surface area contributed by atoms with E-state index in [0.717, 1.165) is 54.2 Å². The molecule has 0 aliphatic carbocycles. The van der Waals surface area contributed by atoms with Crippen LogP contribution in [0.4, 0.5) is 0 Å². The van der Waals surface area contributed by atoms with E-state index in [4.69, 9.17) is 14.2 Å². The molecule has 5 rings (SSSR count). The molecule has 0 radical (unpaired) electrons. The lowest BCUT2D eigenvalue weighted by Crippen LogP contribution is -2.48. The minimum Gasteiger partial charge on any atom is -0.495 e. The van der Waals surface area contributed by atoms with Crippen LogP contribution in [0.15, 0.2) is 41.5 Å². The predicted octanol–water partition coefficient (Wildman–Crippen LogP) is 2.21. The summed E-state index contributed by atoms with van der Waals surface area (Å²) in [7, 11) is 1.61. The van der Waals surface area contributed by atoms with Gasteiger partial charge in [0.25, 0.3) is 5.56 Å². The first kappa shape index (κ1) is 22.6. The van der Waals surface area contributed by atoms with Gasteiger partial charge in [-0.15, -0.1) is 0 Å². The zero-order chi connectivity index (χ0) is 23.5. The summed E-state index contributed by atoms with van der Waals surface area (Å²) in [6, 6.07) is 8.05. The Bertz CT molecular complexity index is 1210. The van der Waals surface area contributed by atoms with Gasteiger partial charge in [0.05, 0.1) is 36.2 Å². The number of methoxy groups -OCH3 is 1. The molecule has 2 unspecified atom stereocenters. The van der Waals surface area contributed by atoms with Gasteiger partial charge in [-0.3, -0.25) is 19.7 Å². The predicted molar refractivity (Wildman–Crippen MR) is 129 cm³/mol. The highest BCUT2D eigenvalue weighted by atomic mass is 16.6. The van der Waals surface area contributed by atoms with Crippen molar-refractivity contribution < 1.29 is 14.2 Å². The van der Waals surface area contributed by atoms with Crippen molar-refractivity contribution in [2.75, 3.05) is 33.4 Å². The summed E-state index contributed by atoms with van der Waals surface area (Å²) >= 11 is 0. The molecule has 9 nitrogen and oxygen atoms in total. The molecule has 34 heavy (non-hydrogen) atoms. The molecule has 0 bridgehead atoms. The fourth-order valence-electron chi connectivity index (χ4n) is 4.79. The van der Waals surface area contributed by atoms with E-state index in [9.17, 15) is 4.79 Å². The van der Waals surface area contributed by atoms with Crippen molar-refractivity contribution in [1.82, 2.24) is 24.8 Å². The number of hydrogen-bond donors (Lipinski definition) is 1. The average molecular weight is 466 g/mol. The molecule has 0 amide bonds. The fourth-order valence-corrected chi connectivity index (χ4v) is 4.79. The third-order valence-corrected chi connectivity index (χ3v) is 6.73. The van der Waals surface area contributed by atoms with E-state index in [1.807, 2.05) is 12.1 Å². The van der Waals surface area contributed by atoms with Crippen LogP contribution in [0, 0.1) is 0 Å². The Kier molecular flexibility index (Phi) is 6.64. The lowest BCUT2D eigenvalue weighted by molar-refractivity contribution is 0.131. The van der Waals surface area contributed by atoms with Crippen LogP contribution in [-0.4, -0.2) is 64.9 Å². The zero-order valence-electron chi connectivity index (χ0n) is 19.7. The molecule has 0 aromatic carbocycles. The number of piperidine rings is 1. The van der Waals surface area contributed by atoms with Crippen LogP contribution in [0.25, 0.3) is 11.0 Å². The van der Waals surface area contributed by atoms with Gasteiger partial charge in [0.1, 0.15) is 19.0 Å². The SMILES string of the molecule is COc1cnc2ccc(=O)n(CCN3CCC(NCc4cc5c(cn4)OCCO5)CC3C)c2c1. The monoisotopic (exact) mass is 465 g/mol. The van der Waals surface area contributed by atoms with Gasteiger partial charge in [-0.25, -0.2) is 0 Å². The number of ether oxygens (including phenoxy) is 3. The van der Waals surface area contributed by atoms with Gasteiger partial charge >= 0.3 is 0 Å². The van der Waals surface area contributed by atoms with Crippen LogP contribution in [0.1, 0.15) is 25.5 Å². The fraction of sp³-hybridized carbons (Fsp3) is 0.480. The first-order valence-corrected chi connectivity index (χ1v) is 11.9. The summed E-state index contributed by atoms with van der Waals surface area (Å²) in [5.74, 6) is 2.15. The van der Waals surface area contributed by atoms with E-state index >= 15 is 0 Å². The molecule has 3 aromatic heterocycles. The van der Waals surface area contributed by atoms with Crippen LogP contribution in [0.3, 0.4) is 0 Å². The average Bonchev–Trinajstić information content (AvgIpc) is 2.87. The highest BCUT2D eigenvalue weighted by Crippen LogP contribution is 2.29. The summed E-state index contributed by atoms with van der Waals surface area (Å²) in [4.78, 5) is 24.0. The second-order valence-electron chi connectivity index (χ2n) is 8.91. The highest BCUT2D eigenvalue weighted by Gasteiger charge is 2.25. The molecule has 1 N–H and O–H groups in total. The maximum atomic E-state index is 12.6. The maximum Gasteiger partial charge on any atom is 0.251 e. The molecule has 0 saturated carbocycles. The number of nitrogens with zero attached hydrogens (tertiary/aromatic N) is 4. The van der Waals surface area contributed by atoms with Crippen molar-refractivity contribution in [3.63, 3.8) is 0 Å². The molecule has 2 atom stereocenters. The Labute approximate surface area is 198 Å². The summed E-state index contributed by atoms with van der Waals surface area (Å²) in [6.07, 6.45) is 5.52. The molecule has 5 heterocycles. The van der Waals surface area contributed by atoms with E-state index in [1.165, 1.54) is 0 Å². The van der Waals surface area contributed by atoms with E-state index in [1.54, 1.807) is 36.2 Å². The summed E-state index contributed by atoms with van der Waals surface area (Å²) in [6.45, 7) is 6.52. The van der Waals surface area contributed by atoms with E-state index < -0.39 is 0 Å². The van der Waals surface area contributed by atoms with E-state index in [-0.39, 0.29) is 5.56 Å². The van der Waals surface area contributed by atoms with Gasteiger partial charge < -0.3 is 24.1 Å². The Balaban J connectivity index is 1.17. The standard InChI is InChI=1S/C25H31N5O4/c1-17-11-18(26-14-19-12-23-24(16-27-19)34-10-9-33-23)5-6-29(17)7-8-30-22-13-20(32-2)15-28-21(22)3-4-25(30)31/h3-4,12-13,15-18,26H,5-11,14H2,1-2H3. The molecule has 3 aromatic rings. The molecule has 0 spiro atoms. The molecule has 1 fully saturated rings. The number of fused-ring (bicyclic) bond motifs is 2. The lowest BCUT2D eigenvalue weighted by Gasteiger charge is -2.38. The molecule has 180 valence electrons. The Morgan fingerprint density at radius 3 is 2.79 bits per heavy atom. The van der Waals surface area contributed by atoms with Gasteiger partial charge in [-0.05, 0) is 32.4 Å². The van der Waals surface area contributed by atoms with Crippen LogP contribution in [0.2, 0.25) is 0 Å². The van der Waals surface area contributed by atoms with Gasteiger partial charge in [-0.1, -0.05) is 0 Å². The van der Waals surface area contributed by atoms with Crippen molar-refractivity contribution in [3.8, 4) is 17.2 Å². The largest absolute Gasteiger partial charge is 0.495 e. The third-order valence-electron chi connectivity index (χ3n) is 6.73. The quantitative estimate of drug-likeness (QED) is 0.568. The lowest BCUT2D eigenvalue weighted by atomic mass is 9.98. The topological polar surface area (TPSA) is 90.7 Å². The molecular weight excluding hydrogens is 434 g/mol. The smallest absolute Gasteiger partial charge is 0.251 e. The number of hydrogen-bond acceptors (Lipinski definition) is 8. The Morgan fingerprint density at radius 1 is 1.12 bits per heavy atom. The molecular formula is C25H31N5O4. The summed E-state index contributed by atoms with van der Waals surface area (Å²) in [5, 5.41) is 3.65. The summed E-state index contributed by atoms with van der Waals surface area (Å²) < 4.78 is 18.3. The highest BCUT2D eigenvalue weighted by molar-refractivity contribution is 5.75. The van der Waals surface area contributed by atoms with Gasteiger partial charge in [0, 0.05) is 49.9 Å². The van der Waals surface area contributed by atoms with Crippen molar-refractivity contribution in [3.05, 3.63) is 52.7 Å². The van der Waals surface area contributed by atoms with Gasteiger partial charge in [0.2, 0.25) is 0 Å². The van der Waals surface area contributed by atoms with E-state index in [0.29, 0.717) is 44.1 Å². The number of likely N-dealkylation sites (tertiary alicyclic amines) is 1. The number of rotatable bonds is 7. The first-order chi connectivity index (χ1) is 16.6. The third kappa shape index (κ3) is 4.85. The van der Waals surface area contributed by atoms with Crippen molar-refractivity contribution in [1.29, 1.82) is 0 Å². The van der Waals surface area contributed by atoms with Crippen molar-refractivity contribution in [2.24, 2.45) is 0 Å². The normalized spacial score (nSPS) is 20.4. The summed E-state index contributed by atoms with van der Waals surface area (Å²) in [5.41, 5.74) is 2.55. The number of pyridine rings is 3. The van der Waals surface area contributed by atoms with Crippen LogP contribution >= 0.6 is 0 Å². The van der Waals surface area contributed by atoms with E-state index in [2.05, 4.69) is 27.1 Å². The zero-order valence-corrected chi connectivity index (χ0v) is 19.7. The Morgan fingerprint density at radius 2 is 1.97 bits per heavy atom. The second kappa shape index (κ2) is 9.99. The maximum absolute atomic E-state index is 12.6. The minimum atomic E-state index is -0.0151. The van der Waals surface area contributed by atoms with Crippen molar-refractivity contribution >= 4 is 11.0 Å². The second-order valence-corrected chi connectivity index (χ2v) is 8.91. The first-order valence-electron chi connectivity index (χ1n) is 11.9. The molecule has 2 aliphatic heterocycles. The molecule has 9 heteroatoms. The van der Waals surface area contributed by atoms with Crippen LogP contribution in [-0.2, 0) is 13.1 Å². The van der Waals surface area contributed by atoms with Gasteiger partial charge in [-0.2, -0.15) is 0 Å². The number of aromatic nitrogens is 3. The van der Waals surface area contributed by atoms with Crippen LogP contribution in [0.5, 0.6) is 17.2 Å². The van der Waals surface area contributed by atoms with Gasteiger partial charge in [0.15, 0.2) is 11.5 Å². The molecule has 1 saturated heterocycles. The van der Waals surface area contributed by atoms with Crippen LogP contribution < -0.4 is 25.1 Å². The minimum absolute atomic E-state index is 0.0151. The molecule has 2 aliphatic rings. The van der Waals surface area contributed by atoms with Crippen molar-refractivity contribution in [2.45, 2.75) is 44.9 Å². The Hall–Kier alpha value is -3.17.